The Hall–Kier alpha value is -2.17. The standard InChI is InChI=1S/C22H29NO3/c1-15-6-8-16(9-7-15)20(25)17-12-18(14-23(5)10-11-24)21(26)19(13-17)22(2,3)4/h6-9,12-13,24,26H,10-11,14H2,1-5H3. The van der Waals surface area contributed by atoms with Crippen LogP contribution in [0.2, 0.25) is 0 Å². The minimum absolute atomic E-state index is 0.0470. The quantitative estimate of drug-likeness (QED) is 0.777. The zero-order valence-corrected chi connectivity index (χ0v) is 16.3. The number of phenols is 1. The van der Waals surface area contributed by atoms with E-state index in [1.807, 2.05) is 63.9 Å². The fourth-order valence-corrected chi connectivity index (χ4v) is 2.93. The van der Waals surface area contributed by atoms with Crippen LogP contribution in [0, 0.1) is 6.92 Å². The molecule has 0 bridgehead atoms. The molecule has 0 saturated heterocycles. The van der Waals surface area contributed by atoms with Crippen molar-refractivity contribution in [1.29, 1.82) is 0 Å². The summed E-state index contributed by atoms with van der Waals surface area (Å²) in [4.78, 5) is 14.9. The predicted molar refractivity (Wildman–Crippen MR) is 105 cm³/mol. The lowest BCUT2D eigenvalue weighted by atomic mass is 9.83. The number of carbonyl (C=O) groups is 1. The van der Waals surface area contributed by atoms with E-state index in [0.717, 1.165) is 11.1 Å². The van der Waals surface area contributed by atoms with Gasteiger partial charge < -0.3 is 10.2 Å². The van der Waals surface area contributed by atoms with Crippen molar-refractivity contribution < 1.29 is 15.0 Å². The second-order valence-electron chi connectivity index (χ2n) is 7.94. The Labute approximate surface area is 156 Å². The van der Waals surface area contributed by atoms with Crippen molar-refractivity contribution in [1.82, 2.24) is 4.90 Å². The number of benzene rings is 2. The summed E-state index contributed by atoms with van der Waals surface area (Å²) in [6, 6.07) is 11.1. The Morgan fingerprint density at radius 2 is 1.69 bits per heavy atom. The number of hydrogen-bond acceptors (Lipinski definition) is 4. The van der Waals surface area contributed by atoms with Crippen LogP contribution in [0.25, 0.3) is 0 Å². The second-order valence-corrected chi connectivity index (χ2v) is 7.94. The summed E-state index contributed by atoms with van der Waals surface area (Å²) in [6.07, 6.45) is 0. The molecule has 0 spiro atoms. The number of phenolic OH excluding ortho intramolecular Hbond substituents is 1. The van der Waals surface area contributed by atoms with Gasteiger partial charge in [-0.3, -0.25) is 9.69 Å². The molecule has 0 aliphatic heterocycles. The lowest BCUT2D eigenvalue weighted by Crippen LogP contribution is -2.22. The van der Waals surface area contributed by atoms with Crippen LogP contribution in [-0.2, 0) is 12.0 Å². The summed E-state index contributed by atoms with van der Waals surface area (Å²) >= 11 is 0. The van der Waals surface area contributed by atoms with E-state index in [4.69, 9.17) is 5.11 Å². The maximum Gasteiger partial charge on any atom is 0.193 e. The zero-order chi connectivity index (χ0) is 19.5. The van der Waals surface area contributed by atoms with Gasteiger partial charge in [0.1, 0.15) is 5.75 Å². The molecule has 0 amide bonds. The van der Waals surface area contributed by atoms with E-state index in [2.05, 4.69) is 0 Å². The molecule has 0 aliphatic carbocycles. The van der Waals surface area contributed by atoms with Crippen LogP contribution in [0.1, 0.15) is 53.4 Å². The average Bonchev–Trinajstić information content (AvgIpc) is 2.56. The van der Waals surface area contributed by atoms with Gasteiger partial charge in [0.05, 0.1) is 6.61 Å². The molecule has 2 N–H and O–H groups in total. The fourth-order valence-electron chi connectivity index (χ4n) is 2.93. The molecule has 0 radical (unpaired) electrons. The highest BCUT2D eigenvalue weighted by Crippen LogP contribution is 2.35. The molecule has 2 aromatic rings. The Kier molecular flexibility index (Phi) is 6.21. The van der Waals surface area contributed by atoms with Crippen LogP contribution in [0.15, 0.2) is 36.4 Å². The molecule has 2 rings (SSSR count). The van der Waals surface area contributed by atoms with Gasteiger partial charge >= 0.3 is 0 Å². The number of aryl methyl sites for hydroxylation is 1. The van der Waals surface area contributed by atoms with Crippen molar-refractivity contribution >= 4 is 5.78 Å². The molecule has 2 aromatic carbocycles. The summed E-state index contributed by atoms with van der Waals surface area (Å²) < 4.78 is 0. The number of aliphatic hydroxyl groups is 1. The third-order valence-corrected chi connectivity index (χ3v) is 4.49. The van der Waals surface area contributed by atoms with Crippen LogP contribution in [-0.4, -0.2) is 41.1 Å². The van der Waals surface area contributed by atoms with Crippen LogP contribution in [0.5, 0.6) is 5.75 Å². The van der Waals surface area contributed by atoms with Gasteiger partial charge in [-0.1, -0.05) is 50.6 Å². The van der Waals surface area contributed by atoms with Gasteiger partial charge in [0.2, 0.25) is 0 Å². The molecular weight excluding hydrogens is 326 g/mol. The number of nitrogens with zero attached hydrogens (tertiary/aromatic N) is 1. The number of ketones is 1. The summed E-state index contributed by atoms with van der Waals surface area (Å²) in [7, 11) is 1.88. The van der Waals surface area contributed by atoms with E-state index < -0.39 is 0 Å². The van der Waals surface area contributed by atoms with E-state index in [1.54, 1.807) is 12.1 Å². The summed E-state index contributed by atoms with van der Waals surface area (Å²) in [5, 5.41) is 19.9. The van der Waals surface area contributed by atoms with E-state index >= 15 is 0 Å². The molecule has 0 saturated carbocycles. The first kappa shape index (κ1) is 20.1. The van der Waals surface area contributed by atoms with Crippen LogP contribution in [0.4, 0.5) is 0 Å². The fraction of sp³-hybridized carbons (Fsp3) is 0.409. The first-order valence-corrected chi connectivity index (χ1v) is 8.90. The van der Waals surface area contributed by atoms with E-state index in [9.17, 15) is 9.90 Å². The maximum absolute atomic E-state index is 13.0. The van der Waals surface area contributed by atoms with Gasteiger partial charge in [-0.05, 0) is 31.5 Å². The number of hydrogen-bond donors (Lipinski definition) is 2. The van der Waals surface area contributed by atoms with Crippen LogP contribution in [0.3, 0.4) is 0 Å². The second kappa shape index (κ2) is 8.02. The molecule has 0 aromatic heterocycles. The van der Waals surface area contributed by atoms with Crippen LogP contribution >= 0.6 is 0 Å². The summed E-state index contributed by atoms with van der Waals surface area (Å²) in [6.45, 7) is 9.05. The number of aromatic hydroxyl groups is 1. The van der Waals surface area contributed by atoms with Crippen molar-refractivity contribution in [3.8, 4) is 5.75 Å². The number of rotatable bonds is 6. The topological polar surface area (TPSA) is 60.8 Å². The molecule has 140 valence electrons. The smallest absolute Gasteiger partial charge is 0.193 e. The van der Waals surface area contributed by atoms with E-state index in [-0.39, 0.29) is 23.6 Å². The first-order chi connectivity index (χ1) is 12.1. The SMILES string of the molecule is Cc1ccc(C(=O)c2cc(CN(C)CCO)c(O)c(C(C)(C)C)c2)cc1. The first-order valence-electron chi connectivity index (χ1n) is 8.90. The Morgan fingerprint density at radius 3 is 2.23 bits per heavy atom. The van der Waals surface area contributed by atoms with E-state index in [1.165, 1.54) is 0 Å². The highest BCUT2D eigenvalue weighted by atomic mass is 16.3. The number of likely N-dealkylation sites (N-methyl/N-ethyl adjacent to an activating group) is 1. The normalized spacial score (nSPS) is 11.8. The molecule has 0 atom stereocenters. The third kappa shape index (κ3) is 4.71. The van der Waals surface area contributed by atoms with Crippen LogP contribution < -0.4 is 0 Å². The third-order valence-electron chi connectivity index (χ3n) is 4.49. The lowest BCUT2D eigenvalue weighted by molar-refractivity contribution is 0.103. The van der Waals surface area contributed by atoms with Gasteiger partial charge in [-0.2, -0.15) is 0 Å². The Morgan fingerprint density at radius 1 is 1.08 bits per heavy atom. The van der Waals surface area contributed by atoms with Gasteiger partial charge in [-0.25, -0.2) is 0 Å². The Balaban J connectivity index is 2.51. The van der Waals surface area contributed by atoms with Crippen molar-refractivity contribution in [3.05, 3.63) is 64.2 Å². The van der Waals surface area contributed by atoms with Gasteiger partial charge in [0.25, 0.3) is 0 Å². The zero-order valence-electron chi connectivity index (χ0n) is 16.3. The van der Waals surface area contributed by atoms with Crippen molar-refractivity contribution in [2.75, 3.05) is 20.2 Å². The lowest BCUT2D eigenvalue weighted by Gasteiger charge is -2.25. The van der Waals surface area contributed by atoms with Gasteiger partial charge in [0, 0.05) is 35.3 Å². The van der Waals surface area contributed by atoms with Gasteiger partial charge in [0.15, 0.2) is 5.78 Å². The molecule has 26 heavy (non-hydrogen) atoms. The molecule has 4 heteroatoms. The predicted octanol–water partition coefficient (Wildman–Crippen LogP) is 3.65. The van der Waals surface area contributed by atoms with Crippen molar-refractivity contribution in [2.24, 2.45) is 0 Å². The number of carbonyl (C=O) groups excluding carboxylic acids is 1. The minimum Gasteiger partial charge on any atom is -0.507 e. The average molecular weight is 355 g/mol. The van der Waals surface area contributed by atoms with E-state index in [0.29, 0.717) is 29.8 Å². The largest absolute Gasteiger partial charge is 0.507 e. The molecule has 0 fully saturated rings. The highest BCUT2D eigenvalue weighted by molar-refractivity contribution is 6.09. The maximum atomic E-state index is 13.0. The molecule has 0 unspecified atom stereocenters. The van der Waals surface area contributed by atoms with Crippen molar-refractivity contribution in [2.45, 2.75) is 39.7 Å². The summed E-state index contributed by atoms with van der Waals surface area (Å²) in [5.41, 5.74) is 3.47. The minimum atomic E-state index is -0.294. The molecule has 0 aliphatic rings. The Bertz CT molecular complexity index is 773. The molecule has 4 nitrogen and oxygen atoms in total. The van der Waals surface area contributed by atoms with Gasteiger partial charge in [-0.15, -0.1) is 0 Å². The monoisotopic (exact) mass is 355 g/mol. The van der Waals surface area contributed by atoms with Crippen molar-refractivity contribution in [3.63, 3.8) is 0 Å². The summed E-state index contributed by atoms with van der Waals surface area (Å²) in [5.74, 6) is 0.171. The molecular formula is C22H29NO3. The highest BCUT2D eigenvalue weighted by Gasteiger charge is 2.24. The number of aliphatic hydroxyl groups excluding tert-OH is 1. The molecule has 0 heterocycles.